The molecular formula is C17H24IN3O4. The van der Waals surface area contributed by atoms with E-state index < -0.39 is 23.4 Å². The van der Waals surface area contributed by atoms with Crippen LogP contribution in [0.5, 0.6) is 0 Å². The van der Waals surface area contributed by atoms with E-state index in [1.54, 1.807) is 53.7 Å². The number of ether oxygens (including phenoxy) is 2. The van der Waals surface area contributed by atoms with Crippen molar-refractivity contribution in [3.8, 4) is 0 Å². The quantitative estimate of drug-likeness (QED) is 0.370. The number of hydrogen-bond acceptors (Lipinski definition) is 5. The third kappa shape index (κ3) is 9.90. The number of guanidine groups is 1. The van der Waals surface area contributed by atoms with Crippen LogP contribution in [0.3, 0.4) is 0 Å². The van der Waals surface area contributed by atoms with Crippen LogP contribution >= 0.6 is 22.6 Å². The number of nitrogens with one attached hydrogen (secondary N) is 2. The van der Waals surface area contributed by atoms with Crippen LogP contribution in [0.15, 0.2) is 29.3 Å². The average molecular weight is 461 g/mol. The molecule has 25 heavy (non-hydrogen) atoms. The summed E-state index contributed by atoms with van der Waals surface area (Å²) in [5, 5.41) is 4.87. The fraction of sp³-hybridized carbons (Fsp3) is 0.471. The van der Waals surface area contributed by atoms with Crippen LogP contribution in [0, 0.1) is 3.57 Å². The largest absolute Gasteiger partial charge is 0.444 e. The molecule has 0 saturated carbocycles. The first-order valence-corrected chi connectivity index (χ1v) is 8.76. The Morgan fingerprint density at radius 1 is 0.960 bits per heavy atom. The first kappa shape index (κ1) is 21.2. The lowest BCUT2D eigenvalue weighted by atomic mass is 10.2. The average Bonchev–Trinajstić information content (AvgIpc) is 2.33. The van der Waals surface area contributed by atoms with Crippen LogP contribution in [-0.2, 0) is 9.47 Å². The molecule has 1 aromatic carbocycles. The highest BCUT2D eigenvalue weighted by Crippen LogP contribution is 2.15. The summed E-state index contributed by atoms with van der Waals surface area (Å²) in [6.45, 7) is 10.4. The zero-order valence-corrected chi connectivity index (χ0v) is 17.4. The highest BCUT2D eigenvalue weighted by Gasteiger charge is 2.21. The van der Waals surface area contributed by atoms with Gasteiger partial charge in [0.2, 0.25) is 5.96 Å². The second kappa shape index (κ2) is 8.50. The predicted octanol–water partition coefficient (Wildman–Crippen LogP) is 4.33. The molecule has 138 valence electrons. The van der Waals surface area contributed by atoms with Gasteiger partial charge in [-0.2, -0.15) is 0 Å². The lowest BCUT2D eigenvalue weighted by Gasteiger charge is -2.22. The fourth-order valence-corrected chi connectivity index (χ4v) is 2.09. The van der Waals surface area contributed by atoms with Crippen LogP contribution in [0.25, 0.3) is 0 Å². The molecule has 8 heteroatoms. The molecule has 1 rings (SSSR count). The molecule has 0 heterocycles. The molecule has 0 aliphatic heterocycles. The molecule has 0 aliphatic carbocycles. The van der Waals surface area contributed by atoms with E-state index in [0.29, 0.717) is 5.69 Å². The number of rotatable bonds is 1. The zero-order chi connectivity index (χ0) is 19.3. The van der Waals surface area contributed by atoms with Crippen molar-refractivity contribution >= 4 is 46.4 Å². The van der Waals surface area contributed by atoms with Gasteiger partial charge in [0.05, 0.1) is 5.69 Å². The predicted molar refractivity (Wildman–Crippen MR) is 105 cm³/mol. The van der Waals surface area contributed by atoms with Gasteiger partial charge in [0.25, 0.3) is 0 Å². The number of aliphatic imine (C=N–C) groups is 1. The summed E-state index contributed by atoms with van der Waals surface area (Å²) < 4.78 is 11.3. The van der Waals surface area contributed by atoms with Crippen LogP contribution < -0.4 is 10.6 Å². The number of nitrogens with zero attached hydrogens (tertiary/aromatic N) is 1. The number of benzene rings is 1. The Morgan fingerprint density at radius 2 is 1.44 bits per heavy atom. The van der Waals surface area contributed by atoms with Gasteiger partial charge in [0, 0.05) is 3.57 Å². The maximum absolute atomic E-state index is 12.0. The minimum atomic E-state index is -0.729. The van der Waals surface area contributed by atoms with Crippen LogP contribution in [0.1, 0.15) is 41.5 Å². The number of carbonyl (C=O) groups is 2. The van der Waals surface area contributed by atoms with Gasteiger partial charge in [-0.05, 0) is 82.3 Å². The monoisotopic (exact) mass is 461 g/mol. The van der Waals surface area contributed by atoms with Crippen molar-refractivity contribution in [3.63, 3.8) is 0 Å². The highest BCUT2D eigenvalue weighted by atomic mass is 127. The van der Waals surface area contributed by atoms with Crippen molar-refractivity contribution in [1.29, 1.82) is 0 Å². The van der Waals surface area contributed by atoms with Crippen molar-refractivity contribution in [1.82, 2.24) is 10.6 Å². The van der Waals surface area contributed by atoms with Crippen molar-refractivity contribution in [2.24, 2.45) is 4.99 Å². The van der Waals surface area contributed by atoms with E-state index >= 15 is 0 Å². The Hall–Kier alpha value is -1.84. The number of amides is 2. The van der Waals surface area contributed by atoms with Gasteiger partial charge in [-0.1, -0.05) is 6.07 Å². The molecule has 0 saturated heterocycles. The molecule has 0 spiro atoms. The molecule has 7 nitrogen and oxygen atoms in total. The molecule has 0 unspecified atom stereocenters. The van der Waals surface area contributed by atoms with Gasteiger partial charge in [-0.15, -0.1) is 0 Å². The summed E-state index contributed by atoms with van der Waals surface area (Å²) in [4.78, 5) is 28.2. The summed E-state index contributed by atoms with van der Waals surface area (Å²) in [7, 11) is 0. The maximum Gasteiger partial charge on any atom is 0.414 e. The fourth-order valence-electron chi connectivity index (χ4n) is 1.56. The van der Waals surface area contributed by atoms with Crippen LogP contribution in [0.4, 0.5) is 15.3 Å². The maximum atomic E-state index is 12.0. The minimum absolute atomic E-state index is 0.0782. The molecule has 0 bridgehead atoms. The second-order valence-electron chi connectivity index (χ2n) is 7.19. The Labute approximate surface area is 161 Å². The number of halogens is 1. The third-order valence-electron chi connectivity index (χ3n) is 2.29. The van der Waals surface area contributed by atoms with E-state index in [2.05, 4.69) is 38.2 Å². The summed E-state index contributed by atoms with van der Waals surface area (Å²) in [6, 6.07) is 7.27. The number of carbonyl (C=O) groups excluding carboxylic acids is 2. The molecule has 2 N–H and O–H groups in total. The summed E-state index contributed by atoms with van der Waals surface area (Å²) in [5.74, 6) is -0.0782. The topological polar surface area (TPSA) is 89.0 Å². The highest BCUT2D eigenvalue weighted by molar-refractivity contribution is 14.1. The molecule has 0 fully saturated rings. The normalized spacial score (nSPS) is 11.3. The minimum Gasteiger partial charge on any atom is -0.444 e. The lowest BCUT2D eigenvalue weighted by Crippen LogP contribution is -2.47. The Bertz CT molecular complexity index is 629. The van der Waals surface area contributed by atoms with E-state index in [1.165, 1.54) is 0 Å². The van der Waals surface area contributed by atoms with E-state index in [9.17, 15) is 9.59 Å². The first-order valence-electron chi connectivity index (χ1n) is 7.68. The lowest BCUT2D eigenvalue weighted by molar-refractivity contribution is 0.0545. The van der Waals surface area contributed by atoms with E-state index in [1.807, 2.05) is 12.1 Å². The van der Waals surface area contributed by atoms with Crippen molar-refractivity contribution in [2.75, 3.05) is 0 Å². The van der Waals surface area contributed by atoms with Crippen LogP contribution in [0.2, 0.25) is 0 Å². The van der Waals surface area contributed by atoms with Gasteiger partial charge in [-0.3, -0.25) is 10.6 Å². The van der Waals surface area contributed by atoms with E-state index in [0.717, 1.165) is 3.57 Å². The molecular weight excluding hydrogens is 437 g/mol. The van der Waals surface area contributed by atoms with Gasteiger partial charge in [0.15, 0.2) is 0 Å². The Balaban J connectivity index is 2.97. The Morgan fingerprint density at radius 3 is 1.84 bits per heavy atom. The Kier molecular flexibility index (Phi) is 7.21. The third-order valence-corrected chi connectivity index (χ3v) is 2.96. The molecule has 0 radical (unpaired) electrons. The first-order chi connectivity index (χ1) is 11.3. The molecule has 2 amide bonds. The summed E-state index contributed by atoms with van der Waals surface area (Å²) in [5.41, 5.74) is -0.791. The van der Waals surface area contributed by atoms with Crippen molar-refractivity contribution in [2.45, 2.75) is 52.7 Å². The zero-order valence-electron chi connectivity index (χ0n) is 15.3. The van der Waals surface area contributed by atoms with Gasteiger partial charge in [-0.25, -0.2) is 14.6 Å². The number of hydrogen-bond donors (Lipinski definition) is 2. The van der Waals surface area contributed by atoms with Crippen molar-refractivity contribution in [3.05, 3.63) is 27.8 Å². The molecule has 1 aromatic rings. The standard InChI is InChI=1S/C17H24IN3O4/c1-16(2,3)24-14(22)20-13(21-15(23)25-17(4,5)6)19-12-9-7-8-11(18)10-12/h7-10H,1-6H3,(H2,19,20,21,22,23). The summed E-state index contributed by atoms with van der Waals surface area (Å²) >= 11 is 2.15. The van der Waals surface area contributed by atoms with Gasteiger partial charge in [0.1, 0.15) is 11.2 Å². The van der Waals surface area contributed by atoms with Gasteiger partial charge >= 0.3 is 12.2 Å². The molecule has 0 aliphatic rings. The second-order valence-corrected chi connectivity index (χ2v) is 8.44. The van der Waals surface area contributed by atoms with E-state index in [4.69, 9.17) is 9.47 Å². The SMILES string of the molecule is CC(C)(C)OC(=O)NC(=Nc1cccc(I)c1)NC(=O)OC(C)(C)C. The van der Waals surface area contributed by atoms with Crippen LogP contribution in [-0.4, -0.2) is 29.3 Å². The van der Waals surface area contributed by atoms with Gasteiger partial charge < -0.3 is 9.47 Å². The molecule has 0 aromatic heterocycles. The number of alkyl carbamates (subject to hydrolysis) is 2. The summed E-state index contributed by atoms with van der Waals surface area (Å²) in [6.07, 6.45) is -1.46. The molecule has 0 atom stereocenters. The smallest absolute Gasteiger partial charge is 0.414 e. The van der Waals surface area contributed by atoms with E-state index in [-0.39, 0.29) is 5.96 Å². The van der Waals surface area contributed by atoms with Crippen molar-refractivity contribution < 1.29 is 19.1 Å².